The molecule has 1 saturated heterocycles. The lowest BCUT2D eigenvalue weighted by molar-refractivity contribution is -0.110. The highest BCUT2D eigenvalue weighted by Crippen LogP contribution is 2.39. The third-order valence-electron chi connectivity index (χ3n) is 2.38. The van der Waals surface area contributed by atoms with Crippen molar-refractivity contribution in [3.63, 3.8) is 0 Å². The summed E-state index contributed by atoms with van der Waals surface area (Å²) in [6.07, 6.45) is 4.77. The molecule has 1 aliphatic heterocycles. The minimum Gasteiger partial charge on any atom is -0.289 e. The topological polar surface area (TPSA) is 17.1 Å². The normalized spacial score (nSPS) is 15.9. The molecular weight excluding hydrogens is 375 g/mol. The molecule has 1 fully saturated rings. The zero-order valence-electron chi connectivity index (χ0n) is 9.77. The maximum Gasteiger partial charge on any atom is 0.193 e. The number of thioether (sulfide) groups is 2. The van der Waals surface area contributed by atoms with E-state index in [0.29, 0.717) is 0 Å². The van der Waals surface area contributed by atoms with Crippen LogP contribution in [0.3, 0.4) is 0 Å². The van der Waals surface area contributed by atoms with Crippen LogP contribution in [0.25, 0.3) is 6.08 Å². The molecule has 0 aliphatic carbocycles. The Morgan fingerprint density at radius 3 is 2.50 bits per heavy atom. The predicted molar refractivity (Wildman–Crippen MR) is 91.1 cm³/mol. The van der Waals surface area contributed by atoms with Crippen LogP contribution in [0.15, 0.2) is 44.2 Å². The van der Waals surface area contributed by atoms with Crippen molar-refractivity contribution in [3.8, 4) is 0 Å². The summed E-state index contributed by atoms with van der Waals surface area (Å²) in [5.74, 6) is 2.37. The molecule has 0 spiro atoms. The van der Waals surface area contributed by atoms with Gasteiger partial charge in [0, 0.05) is 0 Å². The molecule has 1 aromatic rings. The number of hydrogen-bond donors (Lipinski definition) is 0. The van der Waals surface area contributed by atoms with Crippen LogP contribution in [-0.2, 0) is 4.79 Å². The van der Waals surface area contributed by atoms with E-state index in [2.05, 4.69) is 22.6 Å². The Morgan fingerprint density at radius 2 is 1.83 bits per heavy atom. The second-order valence-electron chi connectivity index (χ2n) is 3.76. The van der Waals surface area contributed by atoms with Crippen LogP contribution in [0.5, 0.6) is 0 Å². The monoisotopic (exact) mass is 388 g/mol. The fourth-order valence-electron chi connectivity index (χ4n) is 1.47. The van der Waals surface area contributed by atoms with E-state index in [-0.39, 0.29) is 5.78 Å². The Morgan fingerprint density at radius 1 is 1.17 bits per heavy atom. The summed E-state index contributed by atoms with van der Waals surface area (Å²) in [5.41, 5.74) is 1.06. The lowest BCUT2D eigenvalue weighted by atomic mass is 10.2. The third kappa shape index (κ3) is 4.17. The van der Waals surface area contributed by atoms with E-state index >= 15 is 0 Å². The zero-order valence-corrected chi connectivity index (χ0v) is 13.6. The maximum absolute atomic E-state index is 12.0. The molecule has 1 aromatic carbocycles. The number of carbonyl (C=O) groups is 1. The summed E-state index contributed by atoms with van der Waals surface area (Å²) in [7, 11) is 0. The van der Waals surface area contributed by atoms with Crippen molar-refractivity contribution < 1.29 is 4.79 Å². The molecule has 0 radical (unpaired) electrons. The van der Waals surface area contributed by atoms with Crippen LogP contribution in [0.2, 0.25) is 0 Å². The van der Waals surface area contributed by atoms with Gasteiger partial charge in [0.15, 0.2) is 5.78 Å². The molecule has 0 unspecified atom stereocenters. The number of carbonyl (C=O) groups excluding carboxylic acids is 1. The fourth-order valence-corrected chi connectivity index (χ4v) is 5.00. The second kappa shape index (κ2) is 7.40. The Kier molecular flexibility index (Phi) is 5.85. The van der Waals surface area contributed by atoms with Crippen molar-refractivity contribution in [1.29, 1.82) is 0 Å². The summed E-state index contributed by atoms with van der Waals surface area (Å²) < 4.78 is 2.04. The number of halogens is 1. The van der Waals surface area contributed by atoms with Crippen LogP contribution in [0.1, 0.15) is 12.0 Å². The van der Waals surface area contributed by atoms with Gasteiger partial charge in [-0.2, -0.15) is 0 Å². The van der Waals surface area contributed by atoms with Gasteiger partial charge in [0.25, 0.3) is 0 Å². The Hall–Kier alpha value is -0.200. The first kappa shape index (κ1) is 14.2. The first-order chi connectivity index (χ1) is 8.77. The molecule has 0 bridgehead atoms. The number of ketones is 1. The lowest BCUT2D eigenvalue weighted by Crippen LogP contribution is -1.98. The highest BCUT2D eigenvalue weighted by Gasteiger charge is 2.14. The van der Waals surface area contributed by atoms with Crippen LogP contribution in [0, 0.1) is 0 Å². The molecule has 0 N–H and O–H groups in total. The van der Waals surface area contributed by atoms with Gasteiger partial charge in [0.1, 0.15) is 0 Å². The van der Waals surface area contributed by atoms with Crippen molar-refractivity contribution >= 4 is 58.0 Å². The van der Waals surface area contributed by atoms with Crippen LogP contribution < -0.4 is 0 Å². The Bertz CT molecular complexity index is 472. The summed E-state index contributed by atoms with van der Waals surface area (Å²) in [5, 5.41) is 0. The maximum atomic E-state index is 12.0. The molecule has 4 heteroatoms. The molecule has 0 aromatic heterocycles. The highest BCUT2D eigenvalue weighted by atomic mass is 127. The first-order valence-electron chi connectivity index (χ1n) is 5.70. The molecule has 0 saturated carbocycles. The van der Waals surface area contributed by atoms with E-state index in [0.717, 1.165) is 20.6 Å². The van der Waals surface area contributed by atoms with Crippen molar-refractivity contribution in [2.45, 2.75) is 6.42 Å². The smallest absolute Gasteiger partial charge is 0.193 e. The third-order valence-corrected chi connectivity index (χ3v) is 6.81. The van der Waals surface area contributed by atoms with Crippen LogP contribution in [0.4, 0.5) is 0 Å². The predicted octanol–water partition coefficient (Wildman–Crippen LogP) is 4.74. The van der Waals surface area contributed by atoms with Crippen LogP contribution >= 0.6 is 46.1 Å². The van der Waals surface area contributed by atoms with E-state index in [1.807, 2.05) is 36.4 Å². The molecule has 94 valence electrons. The van der Waals surface area contributed by atoms with Gasteiger partial charge in [0.05, 0.1) is 7.82 Å². The zero-order chi connectivity index (χ0) is 12.8. The van der Waals surface area contributed by atoms with Crippen molar-refractivity contribution in [2.75, 3.05) is 11.5 Å². The van der Waals surface area contributed by atoms with Gasteiger partial charge >= 0.3 is 0 Å². The summed E-state index contributed by atoms with van der Waals surface area (Å²) >= 11 is 5.77. The van der Waals surface area contributed by atoms with Crippen molar-refractivity contribution in [2.24, 2.45) is 0 Å². The minimum absolute atomic E-state index is 0.108. The molecule has 0 amide bonds. The van der Waals surface area contributed by atoms with Crippen molar-refractivity contribution in [3.05, 3.63) is 49.8 Å². The number of hydrogen-bond acceptors (Lipinski definition) is 3. The Labute approximate surface area is 130 Å². The number of benzene rings is 1. The number of allylic oxidation sites excluding steroid dienone is 2. The molecule has 1 aliphatic rings. The van der Waals surface area contributed by atoms with Gasteiger partial charge in [-0.15, -0.1) is 23.5 Å². The lowest BCUT2D eigenvalue weighted by Gasteiger charge is -2.13. The highest BCUT2D eigenvalue weighted by molar-refractivity contribution is 14.1. The Balaban J connectivity index is 2.05. The van der Waals surface area contributed by atoms with Gasteiger partial charge in [-0.1, -0.05) is 36.4 Å². The molecule has 1 heterocycles. The van der Waals surface area contributed by atoms with Gasteiger partial charge in [-0.3, -0.25) is 4.79 Å². The summed E-state index contributed by atoms with van der Waals surface area (Å²) in [6.45, 7) is 0. The quantitative estimate of drug-likeness (QED) is 0.550. The van der Waals surface area contributed by atoms with Gasteiger partial charge < -0.3 is 0 Å². The average Bonchev–Trinajstić information content (AvgIpc) is 2.46. The molecule has 0 atom stereocenters. The summed E-state index contributed by atoms with van der Waals surface area (Å²) in [6, 6.07) is 9.91. The van der Waals surface area contributed by atoms with Gasteiger partial charge in [0.2, 0.25) is 0 Å². The largest absolute Gasteiger partial charge is 0.289 e. The summed E-state index contributed by atoms with van der Waals surface area (Å²) in [4.78, 5) is 12.0. The van der Waals surface area contributed by atoms with Gasteiger partial charge in [-0.25, -0.2) is 0 Å². The van der Waals surface area contributed by atoms with E-state index in [1.165, 1.54) is 10.7 Å². The molecule has 1 nitrogen and oxygen atoms in total. The SMILES string of the molecule is O=C(/C=C/c1ccccc1)C(I)=C1SCCCS1. The van der Waals surface area contributed by atoms with Crippen molar-refractivity contribution in [1.82, 2.24) is 0 Å². The van der Waals surface area contributed by atoms with Crippen LogP contribution in [-0.4, -0.2) is 17.3 Å². The molecular formula is C14H13IOS2. The molecule has 2 rings (SSSR count). The van der Waals surface area contributed by atoms with E-state index in [1.54, 1.807) is 29.6 Å². The fraction of sp³-hybridized carbons (Fsp3) is 0.214. The van der Waals surface area contributed by atoms with E-state index in [9.17, 15) is 4.79 Å². The minimum atomic E-state index is 0.108. The second-order valence-corrected chi connectivity index (χ2v) is 7.31. The van der Waals surface area contributed by atoms with E-state index < -0.39 is 0 Å². The average molecular weight is 388 g/mol. The standard InChI is InChI=1S/C14H13IOS2/c15-13(14-17-9-4-10-18-14)12(16)8-7-11-5-2-1-3-6-11/h1-3,5-8H,4,9-10H2/b8-7+. The number of rotatable bonds is 3. The molecule has 18 heavy (non-hydrogen) atoms. The first-order valence-corrected chi connectivity index (χ1v) is 8.75. The van der Waals surface area contributed by atoms with Gasteiger partial charge in [-0.05, 0) is 52.2 Å². The van der Waals surface area contributed by atoms with E-state index in [4.69, 9.17) is 0 Å².